The molecule has 0 heterocycles. The van der Waals surface area contributed by atoms with Crippen LogP contribution in [0.15, 0.2) is 77.7 Å². The molecule has 7 nitrogen and oxygen atoms in total. The third kappa shape index (κ3) is 7.20. The van der Waals surface area contributed by atoms with Gasteiger partial charge in [0.15, 0.2) is 0 Å². The number of amides is 2. The first-order valence-electron chi connectivity index (χ1n) is 11.9. The molecule has 1 atom stereocenters. The van der Waals surface area contributed by atoms with Gasteiger partial charge in [0.25, 0.3) is 10.0 Å². The maximum Gasteiger partial charge on any atom is 0.264 e. The van der Waals surface area contributed by atoms with Crippen molar-refractivity contribution in [3.63, 3.8) is 0 Å². The van der Waals surface area contributed by atoms with E-state index in [2.05, 4.69) is 5.32 Å². The number of rotatable bonds is 11. The standard InChI is InChI=1S/C27H28Cl3N3O4S/c1-3-16-31-27(35)19(2)32(17-20-12-14-21(28)15-13-20)25(34)18-33(24-11-7-10-23(29)26(24)30)38(36,37)22-8-5-4-6-9-22/h4-15,19H,3,16-18H2,1-2H3,(H,31,35). The molecule has 0 aliphatic heterocycles. The largest absolute Gasteiger partial charge is 0.354 e. The monoisotopic (exact) mass is 595 g/mol. The fourth-order valence-corrected chi connectivity index (χ4v) is 5.70. The number of carbonyl (C=O) groups is 2. The predicted molar refractivity (Wildman–Crippen MR) is 152 cm³/mol. The molecule has 3 aromatic rings. The Morgan fingerprint density at radius 1 is 0.921 bits per heavy atom. The summed E-state index contributed by atoms with van der Waals surface area (Å²) in [5.74, 6) is -0.956. The maximum atomic E-state index is 13.8. The molecule has 3 rings (SSSR count). The lowest BCUT2D eigenvalue weighted by Crippen LogP contribution is -2.51. The SMILES string of the molecule is CCCNC(=O)C(C)N(Cc1ccc(Cl)cc1)C(=O)CN(c1cccc(Cl)c1Cl)S(=O)(=O)c1ccccc1. The van der Waals surface area contributed by atoms with Crippen molar-refractivity contribution < 1.29 is 18.0 Å². The molecule has 0 bridgehead atoms. The van der Waals surface area contributed by atoms with Crippen molar-refractivity contribution in [3.8, 4) is 0 Å². The normalized spacial score (nSPS) is 12.0. The van der Waals surface area contributed by atoms with Crippen molar-refractivity contribution in [2.75, 3.05) is 17.4 Å². The van der Waals surface area contributed by atoms with Gasteiger partial charge in [-0.25, -0.2) is 8.42 Å². The first kappa shape index (κ1) is 29.8. The van der Waals surface area contributed by atoms with E-state index < -0.39 is 28.5 Å². The van der Waals surface area contributed by atoms with Crippen LogP contribution in [0.4, 0.5) is 5.69 Å². The van der Waals surface area contributed by atoms with Crippen LogP contribution in [0.3, 0.4) is 0 Å². The minimum Gasteiger partial charge on any atom is -0.354 e. The van der Waals surface area contributed by atoms with Crippen molar-refractivity contribution in [3.05, 3.63) is 93.4 Å². The second kappa shape index (κ2) is 13.3. The highest BCUT2D eigenvalue weighted by Crippen LogP contribution is 2.35. The first-order chi connectivity index (χ1) is 18.1. The van der Waals surface area contributed by atoms with Crippen LogP contribution in [-0.4, -0.2) is 44.3 Å². The lowest BCUT2D eigenvalue weighted by Gasteiger charge is -2.32. The van der Waals surface area contributed by atoms with Crippen LogP contribution in [0.2, 0.25) is 15.1 Å². The van der Waals surface area contributed by atoms with Gasteiger partial charge in [0, 0.05) is 18.1 Å². The lowest BCUT2D eigenvalue weighted by atomic mass is 10.1. The van der Waals surface area contributed by atoms with Gasteiger partial charge in [-0.3, -0.25) is 13.9 Å². The van der Waals surface area contributed by atoms with Crippen LogP contribution in [-0.2, 0) is 26.2 Å². The molecule has 0 radical (unpaired) electrons. The average molecular weight is 597 g/mol. The van der Waals surface area contributed by atoms with E-state index in [0.29, 0.717) is 11.6 Å². The number of halogens is 3. The molecule has 0 saturated heterocycles. The fourth-order valence-electron chi connectivity index (χ4n) is 3.68. The van der Waals surface area contributed by atoms with Gasteiger partial charge in [-0.05, 0) is 55.3 Å². The van der Waals surface area contributed by atoms with Gasteiger partial charge in [-0.15, -0.1) is 0 Å². The molecule has 202 valence electrons. The summed E-state index contributed by atoms with van der Waals surface area (Å²) in [6.07, 6.45) is 0.722. The summed E-state index contributed by atoms with van der Waals surface area (Å²) in [5, 5.41) is 3.44. The second-order valence-corrected chi connectivity index (χ2v) is 11.6. The van der Waals surface area contributed by atoms with Crippen LogP contribution in [0.5, 0.6) is 0 Å². The summed E-state index contributed by atoms with van der Waals surface area (Å²) < 4.78 is 28.4. The number of anilines is 1. The quantitative estimate of drug-likeness (QED) is 0.304. The first-order valence-corrected chi connectivity index (χ1v) is 14.5. The van der Waals surface area contributed by atoms with E-state index in [1.807, 2.05) is 6.92 Å². The van der Waals surface area contributed by atoms with Gasteiger partial charge in [0.2, 0.25) is 11.8 Å². The lowest BCUT2D eigenvalue weighted by molar-refractivity contribution is -0.139. The van der Waals surface area contributed by atoms with Crippen LogP contribution in [0, 0.1) is 0 Å². The number of hydrogen-bond donors (Lipinski definition) is 1. The van der Waals surface area contributed by atoms with E-state index in [1.54, 1.807) is 55.5 Å². The number of benzene rings is 3. The fraction of sp³-hybridized carbons (Fsp3) is 0.259. The van der Waals surface area contributed by atoms with E-state index in [1.165, 1.54) is 29.2 Å². The third-order valence-corrected chi connectivity index (χ3v) is 8.63. The molecule has 0 spiro atoms. The van der Waals surface area contributed by atoms with Gasteiger partial charge in [0.05, 0.1) is 20.6 Å². The minimum absolute atomic E-state index is 0.0144. The Morgan fingerprint density at radius 3 is 2.21 bits per heavy atom. The van der Waals surface area contributed by atoms with Crippen LogP contribution < -0.4 is 9.62 Å². The molecule has 2 amide bonds. The molecular weight excluding hydrogens is 569 g/mol. The Hall–Kier alpha value is -2.78. The van der Waals surface area contributed by atoms with Gasteiger partial charge in [-0.2, -0.15) is 0 Å². The molecule has 3 aromatic carbocycles. The molecule has 0 fully saturated rings. The average Bonchev–Trinajstić information content (AvgIpc) is 2.91. The Kier molecular flexibility index (Phi) is 10.4. The zero-order chi connectivity index (χ0) is 27.9. The van der Waals surface area contributed by atoms with Crippen LogP contribution in [0.1, 0.15) is 25.8 Å². The molecule has 1 N–H and O–H groups in total. The van der Waals surface area contributed by atoms with Crippen molar-refractivity contribution in [1.82, 2.24) is 10.2 Å². The number of nitrogens with one attached hydrogen (secondary N) is 1. The van der Waals surface area contributed by atoms with Gasteiger partial charge in [-0.1, -0.05) is 78.1 Å². The highest BCUT2D eigenvalue weighted by atomic mass is 35.5. The summed E-state index contributed by atoms with van der Waals surface area (Å²) >= 11 is 18.6. The van der Waals surface area contributed by atoms with E-state index in [4.69, 9.17) is 34.8 Å². The second-order valence-electron chi connectivity index (χ2n) is 8.51. The van der Waals surface area contributed by atoms with Crippen molar-refractivity contribution >= 4 is 62.3 Å². The molecular formula is C27H28Cl3N3O4S. The summed E-state index contributed by atoms with van der Waals surface area (Å²) in [5.41, 5.74) is 0.766. The van der Waals surface area contributed by atoms with Crippen molar-refractivity contribution in [1.29, 1.82) is 0 Å². The highest BCUT2D eigenvalue weighted by Gasteiger charge is 2.33. The van der Waals surface area contributed by atoms with Gasteiger partial charge < -0.3 is 10.2 Å². The van der Waals surface area contributed by atoms with E-state index in [-0.39, 0.29) is 33.1 Å². The van der Waals surface area contributed by atoms with E-state index in [0.717, 1.165) is 16.3 Å². The van der Waals surface area contributed by atoms with Gasteiger partial charge >= 0.3 is 0 Å². The Labute approximate surface area is 238 Å². The Bertz CT molecular complexity index is 1370. The maximum absolute atomic E-state index is 13.8. The summed E-state index contributed by atoms with van der Waals surface area (Å²) in [7, 11) is -4.24. The highest BCUT2D eigenvalue weighted by molar-refractivity contribution is 7.92. The molecule has 0 aliphatic rings. The summed E-state index contributed by atoms with van der Waals surface area (Å²) in [6, 6.07) is 18.2. The number of sulfonamides is 1. The van der Waals surface area contributed by atoms with E-state index in [9.17, 15) is 18.0 Å². The number of carbonyl (C=O) groups excluding carboxylic acids is 2. The molecule has 0 saturated carbocycles. The molecule has 1 unspecified atom stereocenters. The number of hydrogen-bond acceptors (Lipinski definition) is 4. The third-order valence-electron chi connectivity index (χ3n) is 5.79. The van der Waals surface area contributed by atoms with Crippen molar-refractivity contribution in [2.24, 2.45) is 0 Å². The minimum atomic E-state index is -4.24. The molecule has 11 heteroatoms. The van der Waals surface area contributed by atoms with Crippen LogP contribution in [0.25, 0.3) is 0 Å². The Balaban J connectivity index is 2.04. The molecule has 0 aliphatic carbocycles. The molecule has 38 heavy (non-hydrogen) atoms. The summed E-state index contributed by atoms with van der Waals surface area (Å²) in [6.45, 7) is 3.40. The van der Waals surface area contributed by atoms with Crippen molar-refractivity contribution in [2.45, 2.75) is 37.8 Å². The smallest absolute Gasteiger partial charge is 0.264 e. The molecule has 0 aromatic heterocycles. The Morgan fingerprint density at radius 2 is 1.58 bits per heavy atom. The number of nitrogens with zero attached hydrogens (tertiary/aromatic N) is 2. The predicted octanol–water partition coefficient (Wildman–Crippen LogP) is 5.79. The zero-order valence-corrected chi connectivity index (χ0v) is 24.0. The topological polar surface area (TPSA) is 86.8 Å². The van der Waals surface area contributed by atoms with E-state index >= 15 is 0 Å². The summed E-state index contributed by atoms with van der Waals surface area (Å²) in [4.78, 5) is 28.0. The van der Waals surface area contributed by atoms with Crippen LogP contribution >= 0.6 is 34.8 Å². The zero-order valence-electron chi connectivity index (χ0n) is 20.9. The van der Waals surface area contributed by atoms with Gasteiger partial charge in [0.1, 0.15) is 12.6 Å².